The summed E-state index contributed by atoms with van der Waals surface area (Å²) in [5.74, 6) is 1.01. The number of furan rings is 1. The maximum Gasteiger partial charge on any atom is 0.224 e. The Hall–Kier alpha value is -2.85. The van der Waals surface area contributed by atoms with Crippen LogP contribution in [0, 0.1) is 0 Å². The third-order valence-electron chi connectivity index (χ3n) is 5.64. The fraction of sp³-hybridized carbons (Fsp3) is 0.320. The maximum atomic E-state index is 13.6. The summed E-state index contributed by atoms with van der Waals surface area (Å²) in [5, 5.41) is 0. The molecule has 1 saturated heterocycles. The van der Waals surface area contributed by atoms with Gasteiger partial charge in [-0.3, -0.25) is 4.79 Å². The third kappa shape index (κ3) is 4.96. The summed E-state index contributed by atoms with van der Waals surface area (Å²) in [7, 11) is 0. The van der Waals surface area contributed by atoms with Gasteiger partial charge in [0.15, 0.2) is 0 Å². The highest BCUT2D eigenvalue weighted by molar-refractivity contribution is 5.78. The minimum atomic E-state index is 0.0313. The van der Waals surface area contributed by atoms with E-state index >= 15 is 0 Å². The highest BCUT2D eigenvalue weighted by Gasteiger charge is 2.29. The van der Waals surface area contributed by atoms with Gasteiger partial charge in [0.05, 0.1) is 12.8 Å². The zero-order valence-electron chi connectivity index (χ0n) is 16.6. The molecule has 150 valence electrons. The molecule has 0 atom stereocenters. The van der Waals surface area contributed by atoms with Crippen LogP contribution >= 0.6 is 0 Å². The van der Waals surface area contributed by atoms with E-state index in [-0.39, 0.29) is 17.9 Å². The lowest BCUT2D eigenvalue weighted by Crippen LogP contribution is -2.43. The van der Waals surface area contributed by atoms with Crippen molar-refractivity contribution in [2.45, 2.75) is 37.8 Å². The van der Waals surface area contributed by atoms with Gasteiger partial charge in [-0.05, 0) is 36.1 Å². The number of hydrogen-bond acceptors (Lipinski definition) is 3. The number of carbonyl (C=O) groups is 1. The number of benzene rings is 2. The lowest BCUT2D eigenvalue weighted by Gasteiger charge is -2.35. The van der Waals surface area contributed by atoms with Gasteiger partial charge in [-0.15, -0.1) is 0 Å². The second-order valence-electron chi connectivity index (χ2n) is 7.52. The zero-order valence-corrected chi connectivity index (χ0v) is 16.6. The van der Waals surface area contributed by atoms with Crippen LogP contribution in [0.4, 0.5) is 0 Å². The van der Waals surface area contributed by atoms with Gasteiger partial charge >= 0.3 is 0 Å². The van der Waals surface area contributed by atoms with Crippen molar-refractivity contribution < 1.29 is 13.9 Å². The molecule has 4 heteroatoms. The van der Waals surface area contributed by atoms with E-state index in [9.17, 15) is 4.79 Å². The molecule has 4 nitrogen and oxygen atoms in total. The fourth-order valence-corrected chi connectivity index (χ4v) is 4.08. The van der Waals surface area contributed by atoms with Crippen molar-refractivity contribution in [2.24, 2.45) is 0 Å². The van der Waals surface area contributed by atoms with Crippen molar-refractivity contribution in [1.29, 1.82) is 0 Å². The normalized spacial score (nSPS) is 14.8. The van der Waals surface area contributed by atoms with E-state index in [2.05, 4.69) is 24.3 Å². The topological polar surface area (TPSA) is 42.7 Å². The monoisotopic (exact) mass is 389 g/mol. The molecule has 0 bridgehead atoms. The maximum absolute atomic E-state index is 13.6. The van der Waals surface area contributed by atoms with Gasteiger partial charge in [-0.1, -0.05) is 60.7 Å². The quantitative estimate of drug-likeness (QED) is 0.570. The molecule has 0 radical (unpaired) electrons. The number of ether oxygens (including phenoxy) is 1. The molecule has 0 spiro atoms. The first-order valence-electron chi connectivity index (χ1n) is 10.3. The lowest BCUT2D eigenvalue weighted by molar-refractivity contribution is -0.136. The van der Waals surface area contributed by atoms with Gasteiger partial charge in [-0.2, -0.15) is 0 Å². The summed E-state index contributed by atoms with van der Waals surface area (Å²) in [4.78, 5) is 15.6. The Balaban J connectivity index is 1.59. The number of carbonyl (C=O) groups excluding carboxylic acids is 1. The Morgan fingerprint density at radius 1 is 0.897 bits per heavy atom. The molecule has 29 heavy (non-hydrogen) atoms. The Morgan fingerprint density at radius 3 is 2.07 bits per heavy atom. The van der Waals surface area contributed by atoms with Gasteiger partial charge < -0.3 is 14.1 Å². The van der Waals surface area contributed by atoms with E-state index in [1.807, 2.05) is 53.4 Å². The van der Waals surface area contributed by atoms with Crippen LogP contribution in [-0.2, 0) is 16.1 Å². The molecule has 1 aromatic heterocycles. The molecule has 3 aromatic rings. The SMILES string of the molecule is O=C(CC(c1ccccc1)c1ccccc1)N(Cc1ccco1)C1CCOCC1. The summed E-state index contributed by atoms with van der Waals surface area (Å²) in [6.45, 7) is 1.91. The molecule has 0 saturated carbocycles. The molecule has 2 heterocycles. The van der Waals surface area contributed by atoms with Crippen LogP contribution in [-0.4, -0.2) is 30.1 Å². The molecular formula is C25H27NO3. The van der Waals surface area contributed by atoms with E-state index in [4.69, 9.17) is 9.15 Å². The van der Waals surface area contributed by atoms with E-state index in [1.54, 1.807) is 6.26 Å². The van der Waals surface area contributed by atoms with Crippen molar-refractivity contribution in [3.8, 4) is 0 Å². The number of amides is 1. The van der Waals surface area contributed by atoms with Crippen LogP contribution in [0.2, 0.25) is 0 Å². The number of hydrogen-bond donors (Lipinski definition) is 0. The Morgan fingerprint density at radius 2 is 1.52 bits per heavy atom. The van der Waals surface area contributed by atoms with Gasteiger partial charge in [-0.25, -0.2) is 0 Å². The highest BCUT2D eigenvalue weighted by atomic mass is 16.5. The summed E-state index contributed by atoms with van der Waals surface area (Å²) >= 11 is 0. The van der Waals surface area contributed by atoms with Crippen LogP contribution in [0.25, 0.3) is 0 Å². The fourth-order valence-electron chi connectivity index (χ4n) is 4.08. The smallest absolute Gasteiger partial charge is 0.224 e. The molecular weight excluding hydrogens is 362 g/mol. The Labute approximate surface area is 172 Å². The van der Waals surface area contributed by atoms with Gasteiger partial charge in [0, 0.05) is 31.6 Å². The van der Waals surface area contributed by atoms with Gasteiger partial charge in [0.1, 0.15) is 5.76 Å². The van der Waals surface area contributed by atoms with E-state index < -0.39 is 0 Å². The summed E-state index contributed by atoms with van der Waals surface area (Å²) in [6, 6.07) is 24.6. The average Bonchev–Trinajstić information content (AvgIpc) is 3.31. The third-order valence-corrected chi connectivity index (χ3v) is 5.64. The minimum Gasteiger partial charge on any atom is -0.467 e. The number of nitrogens with zero attached hydrogens (tertiary/aromatic N) is 1. The van der Waals surface area contributed by atoms with Gasteiger partial charge in [0.2, 0.25) is 5.91 Å². The standard InChI is InChI=1S/C25H27NO3/c27-25(26(19-23-12-7-15-29-23)22-13-16-28-17-14-22)18-24(20-8-3-1-4-9-20)21-10-5-2-6-11-21/h1-12,15,22,24H,13-14,16-19H2. The summed E-state index contributed by atoms with van der Waals surface area (Å²) < 4.78 is 11.1. The lowest BCUT2D eigenvalue weighted by atomic mass is 9.88. The predicted octanol–water partition coefficient (Wildman–Crippen LogP) is 5.01. The first kappa shape index (κ1) is 19.5. The van der Waals surface area contributed by atoms with Crippen molar-refractivity contribution in [1.82, 2.24) is 4.90 Å². The molecule has 1 aliphatic heterocycles. The molecule has 1 aliphatic rings. The molecule has 1 fully saturated rings. The largest absolute Gasteiger partial charge is 0.467 e. The minimum absolute atomic E-state index is 0.0313. The molecule has 1 amide bonds. The van der Waals surface area contributed by atoms with Crippen LogP contribution < -0.4 is 0 Å². The second kappa shape index (κ2) is 9.57. The van der Waals surface area contributed by atoms with Crippen molar-refractivity contribution in [2.75, 3.05) is 13.2 Å². The first-order chi connectivity index (χ1) is 14.3. The summed E-state index contributed by atoms with van der Waals surface area (Å²) in [6.07, 6.45) is 3.84. The Kier molecular flexibility index (Phi) is 6.42. The van der Waals surface area contributed by atoms with Crippen molar-refractivity contribution >= 4 is 5.91 Å². The average molecular weight is 389 g/mol. The first-order valence-corrected chi connectivity index (χ1v) is 10.3. The molecule has 2 aromatic carbocycles. The van der Waals surface area contributed by atoms with E-state index in [1.165, 1.54) is 0 Å². The molecule has 4 rings (SSSR count). The molecule has 0 N–H and O–H groups in total. The predicted molar refractivity (Wildman–Crippen MR) is 112 cm³/mol. The van der Waals surface area contributed by atoms with Gasteiger partial charge in [0.25, 0.3) is 0 Å². The summed E-state index contributed by atoms with van der Waals surface area (Å²) in [5.41, 5.74) is 2.33. The molecule has 0 aliphatic carbocycles. The second-order valence-corrected chi connectivity index (χ2v) is 7.52. The van der Waals surface area contributed by atoms with Crippen LogP contribution in [0.5, 0.6) is 0 Å². The van der Waals surface area contributed by atoms with Crippen LogP contribution in [0.15, 0.2) is 83.5 Å². The zero-order chi connectivity index (χ0) is 19.9. The van der Waals surface area contributed by atoms with Crippen LogP contribution in [0.1, 0.15) is 42.1 Å². The van der Waals surface area contributed by atoms with Crippen molar-refractivity contribution in [3.05, 3.63) is 95.9 Å². The van der Waals surface area contributed by atoms with Crippen molar-refractivity contribution in [3.63, 3.8) is 0 Å². The molecule has 0 unspecified atom stereocenters. The van der Waals surface area contributed by atoms with Crippen LogP contribution in [0.3, 0.4) is 0 Å². The highest BCUT2D eigenvalue weighted by Crippen LogP contribution is 2.30. The van der Waals surface area contributed by atoms with E-state index in [0.29, 0.717) is 26.2 Å². The van der Waals surface area contributed by atoms with E-state index in [0.717, 1.165) is 29.7 Å². The number of rotatable bonds is 7. The Bertz CT molecular complexity index is 831.